The lowest BCUT2D eigenvalue weighted by Gasteiger charge is -2.18. The zero-order valence-electron chi connectivity index (χ0n) is 17.3. The predicted molar refractivity (Wildman–Crippen MR) is 113 cm³/mol. The van der Waals surface area contributed by atoms with Crippen LogP contribution in [0, 0.1) is 6.92 Å². The predicted octanol–water partition coefficient (Wildman–Crippen LogP) is 4.44. The average molecular weight is 419 g/mol. The fourth-order valence-electron chi connectivity index (χ4n) is 4.32. The third-order valence-corrected chi connectivity index (χ3v) is 6.92. The monoisotopic (exact) mass is 418 g/mol. The second-order valence-corrected chi connectivity index (χ2v) is 9.76. The Balaban J connectivity index is 2.06. The second kappa shape index (κ2) is 7.54. The maximum Gasteiger partial charge on any atom is 0.303 e. The minimum Gasteiger partial charge on any atom is -0.481 e. The maximum absolute atomic E-state index is 11.8. The van der Waals surface area contributed by atoms with Gasteiger partial charge in [0.1, 0.15) is 6.54 Å². The summed E-state index contributed by atoms with van der Waals surface area (Å²) in [5.41, 5.74) is 3.80. The van der Waals surface area contributed by atoms with Gasteiger partial charge in [0.05, 0.1) is 10.3 Å². The smallest absolute Gasteiger partial charge is 0.303 e. The molecule has 156 valence electrons. The first kappa shape index (κ1) is 21.5. The molecule has 7 heteroatoms. The summed E-state index contributed by atoms with van der Waals surface area (Å²) in [6, 6.07) is 7.15. The Kier molecular flexibility index (Phi) is 5.58. The van der Waals surface area contributed by atoms with Crippen molar-refractivity contribution in [3.63, 3.8) is 0 Å². The number of fused-ring (bicyclic) bond motifs is 3. The van der Waals surface area contributed by atoms with E-state index in [9.17, 15) is 17.8 Å². The van der Waals surface area contributed by atoms with Crippen LogP contribution in [0.4, 0.5) is 5.69 Å². The number of benzene rings is 2. The molecule has 2 aromatic carbocycles. The molecule has 0 amide bonds. The topological polar surface area (TPSA) is 94.7 Å². The number of aryl methyl sites for hydroxylation is 1. The molecule has 0 saturated heterocycles. The number of hydrogen-bond donors (Lipinski definition) is 2. The summed E-state index contributed by atoms with van der Waals surface area (Å²) in [5.74, 6) is -0.767. The standard InChI is InChI=1S/C22H27NO5S/c1-14-12-16(29(26,27)28)13-18-17(14)9-10-19-21(18)22(3,4)15(2)23(19)11-7-5-6-8-20(24)25/h9-10,12-13H,5-8,11H2,1-4H3,(H-,24,25,26,27,28)/p+1. The van der Waals surface area contributed by atoms with Crippen molar-refractivity contribution in [2.45, 2.75) is 63.7 Å². The van der Waals surface area contributed by atoms with Crippen molar-refractivity contribution in [3.8, 4) is 0 Å². The van der Waals surface area contributed by atoms with Gasteiger partial charge in [-0.1, -0.05) is 0 Å². The quantitative estimate of drug-likeness (QED) is 0.394. The van der Waals surface area contributed by atoms with E-state index in [1.165, 1.54) is 11.8 Å². The Morgan fingerprint density at radius 3 is 2.38 bits per heavy atom. The molecule has 0 atom stereocenters. The summed E-state index contributed by atoms with van der Waals surface area (Å²) in [6.45, 7) is 8.97. The van der Waals surface area contributed by atoms with Gasteiger partial charge in [0.15, 0.2) is 5.71 Å². The van der Waals surface area contributed by atoms with Crippen molar-refractivity contribution in [2.24, 2.45) is 0 Å². The van der Waals surface area contributed by atoms with Crippen LogP contribution in [0.1, 0.15) is 57.6 Å². The van der Waals surface area contributed by atoms with Crippen molar-refractivity contribution in [1.29, 1.82) is 0 Å². The molecule has 0 bridgehead atoms. The van der Waals surface area contributed by atoms with Gasteiger partial charge in [-0.15, -0.1) is 0 Å². The number of carboxylic acid groups (broad SMARTS) is 1. The molecule has 29 heavy (non-hydrogen) atoms. The van der Waals surface area contributed by atoms with Gasteiger partial charge in [0, 0.05) is 31.4 Å². The first-order valence-corrected chi connectivity index (χ1v) is 11.3. The summed E-state index contributed by atoms with van der Waals surface area (Å²) < 4.78 is 35.4. The fourth-order valence-corrected chi connectivity index (χ4v) is 4.91. The van der Waals surface area contributed by atoms with Crippen LogP contribution < -0.4 is 0 Å². The van der Waals surface area contributed by atoms with Crippen LogP contribution in [-0.4, -0.2) is 40.9 Å². The Labute approximate surface area is 171 Å². The number of carbonyl (C=O) groups is 1. The first-order valence-electron chi connectivity index (χ1n) is 9.83. The Morgan fingerprint density at radius 1 is 1.07 bits per heavy atom. The van der Waals surface area contributed by atoms with E-state index in [0.717, 1.165) is 47.0 Å². The molecule has 2 N–H and O–H groups in total. The third kappa shape index (κ3) is 3.94. The largest absolute Gasteiger partial charge is 0.481 e. The van der Waals surface area contributed by atoms with E-state index in [1.807, 2.05) is 13.0 Å². The van der Waals surface area contributed by atoms with Crippen LogP contribution >= 0.6 is 0 Å². The van der Waals surface area contributed by atoms with Crippen LogP contribution in [0.5, 0.6) is 0 Å². The van der Waals surface area contributed by atoms with Gasteiger partial charge in [-0.2, -0.15) is 13.0 Å². The van der Waals surface area contributed by atoms with Gasteiger partial charge in [-0.25, -0.2) is 0 Å². The van der Waals surface area contributed by atoms with Gasteiger partial charge in [0.25, 0.3) is 10.1 Å². The van der Waals surface area contributed by atoms with Crippen molar-refractivity contribution in [2.75, 3.05) is 6.54 Å². The third-order valence-electron chi connectivity index (χ3n) is 6.09. The summed E-state index contributed by atoms with van der Waals surface area (Å²) in [7, 11) is -4.29. The Morgan fingerprint density at radius 2 is 1.76 bits per heavy atom. The summed E-state index contributed by atoms with van der Waals surface area (Å²) >= 11 is 0. The Bertz CT molecular complexity index is 1130. The highest BCUT2D eigenvalue weighted by molar-refractivity contribution is 7.85. The molecule has 6 nitrogen and oxygen atoms in total. The molecular formula is C22H28NO5S+. The summed E-state index contributed by atoms with van der Waals surface area (Å²) in [6.07, 6.45) is 2.56. The van der Waals surface area contributed by atoms with E-state index in [0.29, 0.717) is 6.42 Å². The molecule has 2 aromatic rings. The van der Waals surface area contributed by atoms with Gasteiger partial charge >= 0.3 is 5.97 Å². The number of hydrogen-bond acceptors (Lipinski definition) is 3. The lowest BCUT2D eigenvalue weighted by molar-refractivity contribution is -0.439. The van der Waals surface area contributed by atoms with E-state index in [-0.39, 0.29) is 16.7 Å². The average Bonchev–Trinajstić information content (AvgIpc) is 2.80. The number of aliphatic carboxylic acids is 1. The number of unbranched alkanes of at least 4 members (excludes halogenated alkanes) is 2. The SMILES string of the molecule is CC1=[N+](CCCCCC(=O)O)c2ccc3c(C)cc(S(=O)(=O)O)cc3c2C1(C)C. The molecule has 3 rings (SSSR count). The van der Waals surface area contributed by atoms with Gasteiger partial charge in [-0.3, -0.25) is 9.35 Å². The molecule has 0 aromatic heterocycles. The van der Waals surface area contributed by atoms with Crippen LogP contribution in [0.3, 0.4) is 0 Å². The highest BCUT2D eigenvalue weighted by atomic mass is 32.2. The van der Waals surface area contributed by atoms with Gasteiger partial charge in [-0.05, 0) is 68.1 Å². The van der Waals surface area contributed by atoms with Gasteiger partial charge in [0.2, 0.25) is 5.69 Å². The summed E-state index contributed by atoms with van der Waals surface area (Å²) in [5, 5.41) is 10.6. The first-order chi connectivity index (χ1) is 13.4. The number of nitrogens with zero attached hydrogens (tertiary/aromatic N) is 1. The highest BCUT2D eigenvalue weighted by Gasteiger charge is 2.44. The fraction of sp³-hybridized carbons (Fsp3) is 0.455. The zero-order chi connectivity index (χ0) is 21.6. The lowest BCUT2D eigenvalue weighted by Crippen LogP contribution is -2.27. The number of rotatable bonds is 7. The van der Waals surface area contributed by atoms with Crippen molar-refractivity contribution >= 4 is 38.3 Å². The molecule has 0 fully saturated rings. The highest BCUT2D eigenvalue weighted by Crippen LogP contribution is 2.45. The normalized spacial score (nSPS) is 15.8. The molecule has 0 spiro atoms. The molecule has 1 aliphatic rings. The van der Waals surface area contributed by atoms with E-state index in [2.05, 4.69) is 31.4 Å². The molecule has 0 unspecified atom stereocenters. The van der Waals surface area contributed by atoms with Crippen LogP contribution in [0.2, 0.25) is 0 Å². The van der Waals surface area contributed by atoms with E-state index < -0.39 is 16.1 Å². The van der Waals surface area contributed by atoms with E-state index in [1.54, 1.807) is 6.07 Å². The van der Waals surface area contributed by atoms with Crippen molar-refractivity contribution in [3.05, 3.63) is 35.4 Å². The van der Waals surface area contributed by atoms with Crippen LogP contribution in [0.25, 0.3) is 10.8 Å². The lowest BCUT2D eigenvalue weighted by atomic mass is 9.79. The molecule has 1 aliphatic heterocycles. The van der Waals surface area contributed by atoms with Gasteiger partial charge < -0.3 is 5.11 Å². The second-order valence-electron chi connectivity index (χ2n) is 8.34. The Hall–Kier alpha value is -2.25. The minimum atomic E-state index is -4.29. The number of carboxylic acids is 1. The van der Waals surface area contributed by atoms with Crippen molar-refractivity contribution < 1.29 is 27.4 Å². The van der Waals surface area contributed by atoms with Crippen LogP contribution in [0.15, 0.2) is 29.2 Å². The van der Waals surface area contributed by atoms with Crippen molar-refractivity contribution in [1.82, 2.24) is 0 Å². The molecule has 1 heterocycles. The van der Waals surface area contributed by atoms with Crippen LogP contribution in [-0.2, 0) is 20.3 Å². The molecular weight excluding hydrogens is 390 g/mol. The molecule has 0 aliphatic carbocycles. The summed E-state index contributed by atoms with van der Waals surface area (Å²) in [4.78, 5) is 10.6. The molecule has 0 saturated carbocycles. The van der Waals surface area contributed by atoms with E-state index >= 15 is 0 Å². The van der Waals surface area contributed by atoms with E-state index in [4.69, 9.17) is 5.11 Å². The minimum absolute atomic E-state index is 0.0866. The molecule has 0 radical (unpaired) electrons. The zero-order valence-corrected chi connectivity index (χ0v) is 18.1. The maximum atomic E-state index is 11.8.